The molecule has 0 saturated heterocycles. The maximum Gasteiger partial charge on any atom is 0.255 e. The van der Waals surface area contributed by atoms with Crippen LogP contribution in [0.4, 0.5) is 0 Å². The Kier molecular flexibility index (Phi) is 5.39. The van der Waals surface area contributed by atoms with Crippen LogP contribution in [-0.4, -0.2) is 23.9 Å². The zero-order valence-electron chi connectivity index (χ0n) is 12.1. The maximum atomic E-state index is 12.6. The third-order valence-electron chi connectivity index (χ3n) is 4.44. The van der Waals surface area contributed by atoms with Gasteiger partial charge in [0.25, 0.3) is 5.91 Å². The summed E-state index contributed by atoms with van der Waals surface area (Å²) in [5.74, 6) is 0.838. The number of thiol groups is 1. The van der Waals surface area contributed by atoms with Crippen LogP contribution in [-0.2, 0) is 0 Å². The third-order valence-corrected chi connectivity index (χ3v) is 5.05. The highest BCUT2D eigenvalue weighted by molar-refractivity contribution is 7.80. The first-order valence-corrected chi connectivity index (χ1v) is 8.11. The lowest BCUT2D eigenvalue weighted by Gasteiger charge is -2.34. The number of hydrogen-bond donors (Lipinski definition) is 1. The van der Waals surface area contributed by atoms with Crippen molar-refractivity contribution in [3.05, 3.63) is 28.8 Å². The van der Waals surface area contributed by atoms with Gasteiger partial charge in [0.15, 0.2) is 0 Å². The molecule has 20 heavy (non-hydrogen) atoms. The molecule has 1 amide bonds. The van der Waals surface area contributed by atoms with Gasteiger partial charge in [-0.05, 0) is 49.8 Å². The van der Waals surface area contributed by atoms with Crippen LogP contribution in [0, 0.1) is 5.92 Å². The van der Waals surface area contributed by atoms with Gasteiger partial charge in [0, 0.05) is 18.0 Å². The minimum atomic E-state index is 0.00542. The molecule has 1 fully saturated rings. The molecule has 1 saturated carbocycles. The van der Waals surface area contributed by atoms with Crippen molar-refractivity contribution in [2.75, 3.05) is 7.05 Å². The van der Waals surface area contributed by atoms with Crippen LogP contribution in [0.1, 0.15) is 49.4 Å². The summed E-state index contributed by atoms with van der Waals surface area (Å²) < 4.78 is 0. The van der Waals surface area contributed by atoms with Crippen LogP contribution in [0.3, 0.4) is 0 Å². The molecule has 1 aromatic rings. The van der Waals surface area contributed by atoms with E-state index >= 15 is 0 Å². The summed E-state index contributed by atoms with van der Waals surface area (Å²) in [5, 5.41) is 0.502. The molecule has 0 atom stereocenters. The molecule has 1 aliphatic rings. The van der Waals surface area contributed by atoms with E-state index in [2.05, 4.69) is 19.6 Å². The van der Waals surface area contributed by atoms with Gasteiger partial charge in [-0.1, -0.05) is 24.9 Å². The SMILES string of the molecule is CCC1CCC(N(C)C(=O)c2cc(S)ccc2Cl)CC1. The summed E-state index contributed by atoms with van der Waals surface area (Å²) in [6, 6.07) is 5.63. The van der Waals surface area contributed by atoms with Crippen molar-refractivity contribution in [1.82, 2.24) is 4.90 Å². The standard InChI is InChI=1S/C16H22ClNOS/c1-3-11-4-6-12(7-5-11)18(2)16(19)14-10-13(20)8-9-15(14)17/h8-12,20H,3-7H2,1-2H3. The van der Waals surface area contributed by atoms with Gasteiger partial charge in [-0.3, -0.25) is 4.79 Å². The van der Waals surface area contributed by atoms with Crippen molar-refractivity contribution in [3.8, 4) is 0 Å². The van der Waals surface area contributed by atoms with E-state index in [9.17, 15) is 4.79 Å². The first-order chi connectivity index (χ1) is 9.52. The van der Waals surface area contributed by atoms with Crippen LogP contribution < -0.4 is 0 Å². The third kappa shape index (κ3) is 3.50. The van der Waals surface area contributed by atoms with Crippen LogP contribution in [0.15, 0.2) is 23.1 Å². The van der Waals surface area contributed by atoms with Crippen molar-refractivity contribution in [1.29, 1.82) is 0 Å². The van der Waals surface area contributed by atoms with Gasteiger partial charge in [0.05, 0.1) is 10.6 Å². The number of hydrogen-bond acceptors (Lipinski definition) is 2. The van der Waals surface area contributed by atoms with Gasteiger partial charge in [0.1, 0.15) is 0 Å². The van der Waals surface area contributed by atoms with E-state index < -0.39 is 0 Å². The fraction of sp³-hybridized carbons (Fsp3) is 0.562. The highest BCUT2D eigenvalue weighted by atomic mass is 35.5. The lowest BCUT2D eigenvalue weighted by molar-refractivity contribution is 0.0674. The summed E-state index contributed by atoms with van der Waals surface area (Å²) in [6.45, 7) is 2.25. The summed E-state index contributed by atoms with van der Waals surface area (Å²) >= 11 is 10.4. The molecule has 4 heteroatoms. The van der Waals surface area contributed by atoms with Crippen molar-refractivity contribution in [3.63, 3.8) is 0 Å². The fourth-order valence-corrected chi connectivity index (χ4v) is 3.38. The number of halogens is 1. The van der Waals surface area contributed by atoms with E-state index in [1.807, 2.05) is 11.9 Å². The number of rotatable bonds is 3. The number of carbonyl (C=O) groups excluding carboxylic acids is 1. The van der Waals surface area contributed by atoms with E-state index in [4.69, 9.17) is 11.6 Å². The maximum absolute atomic E-state index is 12.6. The number of benzene rings is 1. The molecule has 0 aromatic heterocycles. The van der Waals surface area contributed by atoms with Gasteiger partial charge < -0.3 is 4.90 Å². The van der Waals surface area contributed by atoms with E-state index in [-0.39, 0.29) is 5.91 Å². The Morgan fingerprint density at radius 2 is 2.00 bits per heavy atom. The monoisotopic (exact) mass is 311 g/mol. The van der Waals surface area contributed by atoms with Crippen LogP contribution in [0.5, 0.6) is 0 Å². The van der Waals surface area contributed by atoms with Gasteiger partial charge in [-0.15, -0.1) is 12.6 Å². The predicted octanol–water partition coefficient (Wildman–Crippen LogP) is 4.67. The smallest absolute Gasteiger partial charge is 0.255 e. The minimum absolute atomic E-state index is 0.00542. The zero-order chi connectivity index (χ0) is 14.7. The Labute approximate surface area is 131 Å². The number of nitrogens with zero attached hydrogens (tertiary/aromatic N) is 1. The number of carbonyl (C=O) groups is 1. The molecule has 110 valence electrons. The number of amides is 1. The highest BCUT2D eigenvalue weighted by Gasteiger charge is 2.27. The van der Waals surface area contributed by atoms with Crippen LogP contribution >= 0.6 is 24.2 Å². The molecule has 0 N–H and O–H groups in total. The summed E-state index contributed by atoms with van der Waals surface area (Å²) in [4.78, 5) is 15.2. The second kappa shape index (κ2) is 6.86. The predicted molar refractivity (Wildman–Crippen MR) is 86.8 cm³/mol. The van der Waals surface area contributed by atoms with Crippen molar-refractivity contribution in [2.45, 2.75) is 50.0 Å². The topological polar surface area (TPSA) is 20.3 Å². The van der Waals surface area contributed by atoms with E-state index in [1.165, 1.54) is 19.3 Å². The van der Waals surface area contributed by atoms with E-state index in [0.29, 0.717) is 16.6 Å². The molecule has 2 nitrogen and oxygen atoms in total. The van der Waals surface area contributed by atoms with Crippen molar-refractivity contribution in [2.24, 2.45) is 5.92 Å². The molecule has 0 heterocycles. The van der Waals surface area contributed by atoms with Gasteiger partial charge in [-0.25, -0.2) is 0 Å². The Morgan fingerprint density at radius 1 is 1.35 bits per heavy atom. The highest BCUT2D eigenvalue weighted by Crippen LogP contribution is 2.30. The molecule has 0 radical (unpaired) electrons. The summed E-state index contributed by atoms with van der Waals surface area (Å²) in [5.41, 5.74) is 0.555. The normalized spacial score (nSPS) is 22.6. The molecule has 0 unspecified atom stereocenters. The van der Waals surface area contributed by atoms with Gasteiger partial charge >= 0.3 is 0 Å². The van der Waals surface area contributed by atoms with Crippen LogP contribution in [0.25, 0.3) is 0 Å². The van der Waals surface area contributed by atoms with Crippen LogP contribution in [0.2, 0.25) is 5.02 Å². The first kappa shape index (κ1) is 15.7. The molecule has 0 spiro atoms. The van der Waals surface area contributed by atoms with E-state index in [0.717, 1.165) is 23.7 Å². The second-order valence-electron chi connectivity index (χ2n) is 5.66. The Balaban J connectivity index is 2.07. The average molecular weight is 312 g/mol. The zero-order valence-corrected chi connectivity index (χ0v) is 13.8. The lowest BCUT2D eigenvalue weighted by Crippen LogP contribution is -2.39. The van der Waals surface area contributed by atoms with Gasteiger partial charge in [-0.2, -0.15) is 0 Å². The Bertz CT molecular complexity index is 483. The average Bonchev–Trinajstić information content (AvgIpc) is 2.48. The minimum Gasteiger partial charge on any atom is -0.339 e. The molecule has 0 aliphatic heterocycles. The quantitative estimate of drug-likeness (QED) is 0.804. The molecular weight excluding hydrogens is 290 g/mol. The molecule has 0 bridgehead atoms. The molecule has 1 aromatic carbocycles. The van der Waals surface area contributed by atoms with Crippen molar-refractivity contribution >= 4 is 30.1 Å². The van der Waals surface area contributed by atoms with E-state index in [1.54, 1.807) is 18.2 Å². The first-order valence-electron chi connectivity index (χ1n) is 7.28. The molecule has 2 rings (SSSR count). The van der Waals surface area contributed by atoms with Gasteiger partial charge in [0.2, 0.25) is 0 Å². The summed E-state index contributed by atoms with van der Waals surface area (Å²) in [7, 11) is 1.89. The Hall–Kier alpha value is -0.670. The fourth-order valence-electron chi connectivity index (χ4n) is 2.97. The second-order valence-corrected chi connectivity index (χ2v) is 6.59. The molecule has 1 aliphatic carbocycles. The largest absolute Gasteiger partial charge is 0.339 e. The lowest BCUT2D eigenvalue weighted by atomic mass is 9.84. The summed E-state index contributed by atoms with van der Waals surface area (Å²) in [6.07, 6.45) is 5.88. The Morgan fingerprint density at radius 3 is 2.60 bits per heavy atom. The molecular formula is C16H22ClNOS. The van der Waals surface area contributed by atoms with Crippen molar-refractivity contribution < 1.29 is 4.79 Å².